The quantitative estimate of drug-likeness (QED) is 0.750. The van der Waals surface area contributed by atoms with Crippen molar-refractivity contribution in [2.75, 3.05) is 13.2 Å². The van der Waals surface area contributed by atoms with Crippen LogP contribution in [0.4, 0.5) is 0 Å². The summed E-state index contributed by atoms with van der Waals surface area (Å²) in [6.07, 6.45) is -0.209. The van der Waals surface area contributed by atoms with Crippen LogP contribution in [0.1, 0.15) is 27.3 Å². The Hall–Kier alpha value is -3.21. The number of amides is 1. The van der Waals surface area contributed by atoms with Gasteiger partial charge in [0.15, 0.2) is 11.5 Å². The minimum absolute atomic E-state index is 0.102. The van der Waals surface area contributed by atoms with Crippen LogP contribution >= 0.6 is 0 Å². The molecule has 28 heavy (non-hydrogen) atoms. The van der Waals surface area contributed by atoms with Gasteiger partial charge in [-0.2, -0.15) is 0 Å². The van der Waals surface area contributed by atoms with E-state index in [0.717, 1.165) is 22.8 Å². The van der Waals surface area contributed by atoms with Gasteiger partial charge in [0.05, 0.1) is 12.1 Å². The van der Waals surface area contributed by atoms with Gasteiger partial charge < -0.3 is 19.4 Å². The molecular weight excluding hydrogens is 352 g/mol. The largest absolute Gasteiger partial charge is 0.486 e. The zero-order valence-corrected chi connectivity index (χ0v) is 16.4. The van der Waals surface area contributed by atoms with E-state index in [1.165, 1.54) is 5.56 Å². The molecule has 0 bridgehead atoms. The Morgan fingerprint density at radius 2 is 1.86 bits per heavy atom. The fourth-order valence-corrected chi connectivity index (χ4v) is 3.62. The molecule has 2 heterocycles. The summed E-state index contributed by atoms with van der Waals surface area (Å²) in [6.45, 7) is 6.86. The Bertz CT molecular complexity index is 1020. The molecule has 1 atom stereocenters. The van der Waals surface area contributed by atoms with E-state index in [1.807, 2.05) is 50.2 Å². The number of aromatic nitrogens is 1. The third-order valence-corrected chi connectivity index (χ3v) is 4.99. The second-order valence-corrected chi connectivity index (χ2v) is 7.17. The summed E-state index contributed by atoms with van der Waals surface area (Å²) >= 11 is 0. The molecule has 0 radical (unpaired) electrons. The van der Waals surface area contributed by atoms with E-state index in [2.05, 4.69) is 35.0 Å². The van der Waals surface area contributed by atoms with E-state index in [0.29, 0.717) is 24.5 Å². The average molecular weight is 376 g/mol. The Morgan fingerprint density at radius 3 is 2.64 bits per heavy atom. The lowest BCUT2D eigenvalue weighted by molar-refractivity contribution is 0.0789. The number of carbonyl (C=O) groups is 1. The SMILES string of the molecule is Cc1cccc(-n2c(C)cc(C(=O)NC[C@H]3COc4ccccc4O3)c2C)c1. The van der Waals surface area contributed by atoms with E-state index < -0.39 is 0 Å². The first-order valence-corrected chi connectivity index (χ1v) is 9.45. The molecule has 0 fully saturated rings. The fourth-order valence-electron chi connectivity index (χ4n) is 3.62. The average Bonchev–Trinajstić information content (AvgIpc) is 3.00. The van der Waals surface area contributed by atoms with Crippen molar-refractivity contribution in [2.45, 2.75) is 26.9 Å². The maximum Gasteiger partial charge on any atom is 0.253 e. The number of hydrogen-bond donors (Lipinski definition) is 1. The fraction of sp³-hybridized carbons (Fsp3) is 0.261. The molecule has 5 nitrogen and oxygen atoms in total. The molecule has 0 saturated heterocycles. The number of para-hydroxylation sites is 2. The van der Waals surface area contributed by atoms with Gasteiger partial charge in [-0.15, -0.1) is 0 Å². The molecule has 5 heteroatoms. The van der Waals surface area contributed by atoms with Gasteiger partial charge >= 0.3 is 0 Å². The zero-order valence-electron chi connectivity index (χ0n) is 16.4. The number of aryl methyl sites for hydroxylation is 2. The number of hydrogen-bond acceptors (Lipinski definition) is 3. The predicted molar refractivity (Wildman–Crippen MR) is 109 cm³/mol. The monoisotopic (exact) mass is 376 g/mol. The number of ether oxygens (including phenoxy) is 2. The smallest absolute Gasteiger partial charge is 0.253 e. The van der Waals surface area contributed by atoms with Gasteiger partial charge in [0.25, 0.3) is 5.91 Å². The lowest BCUT2D eigenvalue weighted by Gasteiger charge is -2.26. The van der Waals surface area contributed by atoms with Crippen molar-refractivity contribution >= 4 is 5.91 Å². The number of carbonyl (C=O) groups excluding carboxylic acids is 1. The second-order valence-electron chi connectivity index (χ2n) is 7.17. The maximum absolute atomic E-state index is 12.8. The maximum atomic E-state index is 12.8. The van der Waals surface area contributed by atoms with Crippen LogP contribution in [0, 0.1) is 20.8 Å². The summed E-state index contributed by atoms with van der Waals surface area (Å²) in [5, 5.41) is 2.99. The first kappa shape index (κ1) is 18.2. The Morgan fingerprint density at radius 1 is 1.07 bits per heavy atom. The molecule has 4 rings (SSSR count). The highest BCUT2D eigenvalue weighted by Crippen LogP contribution is 2.30. The van der Waals surface area contributed by atoms with Gasteiger partial charge in [-0.3, -0.25) is 4.79 Å². The summed E-state index contributed by atoms with van der Waals surface area (Å²) < 4.78 is 13.7. The predicted octanol–water partition coefficient (Wildman–Crippen LogP) is 3.97. The number of benzene rings is 2. The van der Waals surface area contributed by atoms with Crippen LogP contribution in [0.2, 0.25) is 0 Å². The summed E-state index contributed by atoms with van der Waals surface area (Å²) in [7, 11) is 0. The molecule has 1 amide bonds. The number of rotatable bonds is 4. The van der Waals surface area contributed by atoms with Crippen molar-refractivity contribution in [3.05, 3.63) is 77.1 Å². The normalized spacial score (nSPS) is 15.3. The van der Waals surface area contributed by atoms with Crippen molar-refractivity contribution in [2.24, 2.45) is 0 Å². The lowest BCUT2D eigenvalue weighted by atomic mass is 10.2. The van der Waals surface area contributed by atoms with Crippen LogP contribution in [0.5, 0.6) is 11.5 Å². The molecule has 2 aromatic carbocycles. The summed E-state index contributed by atoms with van der Waals surface area (Å²) in [4.78, 5) is 12.8. The number of fused-ring (bicyclic) bond motifs is 1. The van der Waals surface area contributed by atoms with Gasteiger partial charge in [0.1, 0.15) is 12.7 Å². The minimum Gasteiger partial charge on any atom is -0.486 e. The van der Waals surface area contributed by atoms with Crippen LogP contribution in [-0.4, -0.2) is 29.7 Å². The summed E-state index contributed by atoms with van der Waals surface area (Å²) in [5.41, 5.74) is 4.88. The molecule has 0 spiro atoms. The molecule has 0 saturated carbocycles. The second kappa shape index (κ2) is 7.43. The molecular formula is C23H24N2O3. The Kier molecular flexibility index (Phi) is 4.82. The Labute approximate surface area is 164 Å². The molecule has 144 valence electrons. The van der Waals surface area contributed by atoms with Crippen molar-refractivity contribution in [3.8, 4) is 17.2 Å². The van der Waals surface area contributed by atoms with E-state index in [4.69, 9.17) is 9.47 Å². The molecule has 1 N–H and O–H groups in total. The first-order chi connectivity index (χ1) is 13.5. The molecule has 0 unspecified atom stereocenters. The summed E-state index contributed by atoms with van der Waals surface area (Å²) in [5.74, 6) is 1.35. The standard InChI is InChI=1S/C23H24N2O3/c1-15-7-6-8-18(11-15)25-16(2)12-20(17(25)3)23(26)24-13-19-14-27-21-9-4-5-10-22(21)28-19/h4-12,19H,13-14H2,1-3H3,(H,24,26)/t19-/m0/s1. The lowest BCUT2D eigenvalue weighted by Crippen LogP contribution is -2.40. The van der Waals surface area contributed by atoms with Crippen LogP contribution in [0.3, 0.4) is 0 Å². The molecule has 1 aliphatic heterocycles. The molecule has 3 aromatic rings. The molecule has 1 aromatic heterocycles. The van der Waals surface area contributed by atoms with Crippen molar-refractivity contribution in [3.63, 3.8) is 0 Å². The van der Waals surface area contributed by atoms with Gasteiger partial charge in [-0.25, -0.2) is 0 Å². The first-order valence-electron chi connectivity index (χ1n) is 9.45. The minimum atomic E-state index is -0.209. The van der Waals surface area contributed by atoms with E-state index >= 15 is 0 Å². The number of nitrogens with zero attached hydrogens (tertiary/aromatic N) is 1. The van der Waals surface area contributed by atoms with Gasteiger partial charge in [0, 0.05) is 17.1 Å². The van der Waals surface area contributed by atoms with E-state index in [9.17, 15) is 4.79 Å². The van der Waals surface area contributed by atoms with Gasteiger partial charge in [0.2, 0.25) is 0 Å². The van der Waals surface area contributed by atoms with Gasteiger partial charge in [-0.1, -0.05) is 24.3 Å². The van der Waals surface area contributed by atoms with Crippen LogP contribution < -0.4 is 14.8 Å². The van der Waals surface area contributed by atoms with E-state index in [-0.39, 0.29) is 12.0 Å². The topological polar surface area (TPSA) is 52.5 Å². The van der Waals surface area contributed by atoms with Gasteiger partial charge in [-0.05, 0) is 56.7 Å². The third-order valence-electron chi connectivity index (χ3n) is 4.99. The van der Waals surface area contributed by atoms with Crippen LogP contribution in [-0.2, 0) is 0 Å². The highest BCUT2D eigenvalue weighted by molar-refractivity contribution is 5.96. The van der Waals surface area contributed by atoms with Crippen molar-refractivity contribution in [1.82, 2.24) is 9.88 Å². The summed E-state index contributed by atoms with van der Waals surface area (Å²) in [6, 6.07) is 17.8. The highest BCUT2D eigenvalue weighted by atomic mass is 16.6. The third kappa shape index (κ3) is 3.48. The van der Waals surface area contributed by atoms with Crippen molar-refractivity contribution in [1.29, 1.82) is 0 Å². The molecule has 1 aliphatic rings. The zero-order chi connectivity index (χ0) is 19.7. The molecule has 0 aliphatic carbocycles. The van der Waals surface area contributed by atoms with Crippen LogP contribution in [0.25, 0.3) is 5.69 Å². The van der Waals surface area contributed by atoms with E-state index in [1.54, 1.807) is 0 Å². The number of nitrogens with one attached hydrogen (secondary N) is 1. The highest BCUT2D eigenvalue weighted by Gasteiger charge is 2.22. The van der Waals surface area contributed by atoms with Crippen molar-refractivity contribution < 1.29 is 14.3 Å². The Balaban J connectivity index is 1.47. The van der Waals surface area contributed by atoms with Crippen LogP contribution in [0.15, 0.2) is 54.6 Å².